The molecule has 0 aliphatic carbocycles. The van der Waals surface area contributed by atoms with Crippen LogP contribution in [0.15, 0.2) is 134 Å². The van der Waals surface area contributed by atoms with E-state index in [-0.39, 0.29) is 44.4 Å². The molecule has 0 saturated carbocycles. The second-order valence-electron chi connectivity index (χ2n) is 16.5. The number of rotatable bonds is 44. The summed E-state index contributed by atoms with van der Waals surface area (Å²) in [5, 5.41) is 0. The highest BCUT2D eigenvalue weighted by Crippen LogP contribution is 2.10. The van der Waals surface area contributed by atoms with Gasteiger partial charge in [-0.1, -0.05) is 219 Å². The maximum Gasteiger partial charge on any atom is 0.306 e. The first-order valence-corrected chi connectivity index (χ1v) is 25.8. The predicted molar refractivity (Wildman–Crippen MR) is 279 cm³/mol. The smallest absolute Gasteiger partial charge is 0.306 e. The molecule has 6 heteroatoms. The molecule has 0 aromatic heterocycles. The Kier molecular flexibility index (Phi) is 48.6. The molecule has 0 radical (unpaired) electrons. The third kappa shape index (κ3) is 50.4. The standard InChI is InChI=1S/C59H92O6/c1-4-7-10-13-16-19-22-25-27-29-31-34-37-40-43-46-49-52-58(61)64-55-56(54-63-57(60)51-48-45-42-39-36-33-24-21-18-15-12-9-6-3)65-59(62)53-50-47-44-41-38-35-32-30-28-26-23-20-17-14-11-8-5-2/h9,12,15,18,21,24-28,31-36,39-44,56H,4-8,10-11,13-14,16-17,19-20,22-23,29-30,37-38,45-55H2,1-3H3/b12-9-,18-15-,24-21-,27-25-,28-26-,34-31-,35-32-,36-33-,42-39-,43-40-,44-41-. The molecule has 65 heavy (non-hydrogen) atoms. The number of esters is 3. The Hall–Kier alpha value is -4.45. The van der Waals surface area contributed by atoms with E-state index >= 15 is 0 Å². The Morgan fingerprint density at radius 1 is 0.338 bits per heavy atom. The van der Waals surface area contributed by atoms with Gasteiger partial charge < -0.3 is 14.2 Å². The van der Waals surface area contributed by atoms with Crippen molar-refractivity contribution in [3.8, 4) is 0 Å². The van der Waals surface area contributed by atoms with Crippen molar-refractivity contribution in [2.24, 2.45) is 0 Å². The molecule has 0 aliphatic rings. The van der Waals surface area contributed by atoms with Crippen molar-refractivity contribution in [3.05, 3.63) is 134 Å². The summed E-state index contributed by atoms with van der Waals surface area (Å²) in [6.07, 6.45) is 73.2. The van der Waals surface area contributed by atoms with E-state index < -0.39 is 12.1 Å². The van der Waals surface area contributed by atoms with Gasteiger partial charge in [-0.25, -0.2) is 0 Å². The lowest BCUT2D eigenvalue weighted by molar-refractivity contribution is -0.166. The molecule has 0 rings (SSSR count). The number of carbonyl (C=O) groups excluding carboxylic acids is 3. The van der Waals surface area contributed by atoms with E-state index in [1.807, 2.05) is 54.7 Å². The monoisotopic (exact) mass is 897 g/mol. The molecule has 0 aromatic rings. The lowest BCUT2D eigenvalue weighted by Crippen LogP contribution is -2.30. The summed E-state index contributed by atoms with van der Waals surface area (Å²) < 4.78 is 16.6. The minimum atomic E-state index is -0.858. The fourth-order valence-corrected chi connectivity index (χ4v) is 6.38. The van der Waals surface area contributed by atoms with E-state index in [0.29, 0.717) is 19.3 Å². The molecule has 0 N–H and O–H groups in total. The molecule has 1 atom stereocenters. The fraction of sp³-hybridized carbons (Fsp3) is 0.576. The van der Waals surface area contributed by atoms with Crippen LogP contribution in [0.25, 0.3) is 0 Å². The van der Waals surface area contributed by atoms with Gasteiger partial charge in [-0.2, -0.15) is 0 Å². The van der Waals surface area contributed by atoms with Crippen LogP contribution in [0.2, 0.25) is 0 Å². The Morgan fingerprint density at radius 2 is 0.662 bits per heavy atom. The fourth-order valence-electron chi connectivity index (χ4n) is 6.38. The Morgan fingerprint density at radius 3 is 1.08 bits per heavy atom. The van der Waals surface area contributed by atoms with Crippen molar-refractivity contribution in [1.29, 1.82) is 0 Å². The Balaban J connectivity index is 4.66. The van der Waals surface area contributed by atoms with Gasteiger partial charge >= 0.3 is 17.9 Å². The minimum absolute atomic E-state index is 0.152. The largest absolute Gasteiger partial charge is 0.462 e. The van der Waals surface area contributed by atoms with Gasteiger partial charge in [0.2, 0.25) is 0 Å². The molecule has 0 aliphatic heterocycles. The molecule has 0 spiro atoms. The second kappa shape index (κ2) is 52.2. The van der Waals surface area contributed by atoms with Gasteiger partial charge in [0.15, 0.2) is 6.10 Å². The lowest BCUT2D eigenvalue weighted by Gasteiger charge is -2.18. The zero-order valence-corrected chi connectivity index (χ0v) is 41.4. The highest BCUT2D eigenvalue weighted by molar-refractivity contribution is 5.71. The van der Waals surface area contributed by atoms with Crippen LogP contribution in [0.5, 0.6) is 0 Å². The van der Waals surface area contributed by atoms with E-state index in [4.69, 9.17) is 14.2 Å². The first-order chi connectivity index (χ1) is 32.0. The van der Waals surface area contributed by atoms with E-state index in [1.165, 1.54) is 89.9 Å². The van der Waals surface area contributed by atoms with E-state index in [2.05, 4.69) is 99.8 Å². The zero-order chi connectivity index (χ0) is 47.2. The third-order valence-corrected chi connectivity index (χ3v) is 10.2. The van der Waals surface area contributed by atoms with Gasteiger partial charge in [0.25, 0.3) is 0 Å². The zero-order valence-electron chi connectivity index (χ0n) is 41.4. The number of ether oxygens (including phenoxy) is 3. The summed E-state index contributed by atoms with van der Waals surface area (Å²) in [4.78, 5) is 37.9. The number of hydrogen-bond donors (Lipinski definition) is 0. The van der Waals surface area contributed by atoms with Crippen molar-refractivity contribution in [2.45, 2.75) is 207 Å². The van der Waals surface area contributed by atoms with Crippen molar-refractivity contribution >= 4 is 17.9 Å². The maximum absolute atomic E-state index is 12.8. The lowest BCUT2D eigenvalue weighted by atomic mass is 10.1. The topological polar surface area (TPSA) is 78.9 Å². The minimum Gasteiger partial charge on any atom is -0.462 e. The summed E-state index contributed by atoms with van der Waals surface area (Å²) >= 11 is 0. The van der Waals surface area contributed by atoms with Gasteiger partial charge in [0.1, 0.15) is 13.2 Å². The van der Waals surface area contributed by atoms with Gasteiger partial charge in [0, 0.05) is 19.3 Å². The van der Waals surface area contributed by atoms with Crippen molar-refractivity contribution in [2.75, 3.05) is 13.2 Å². The van der Waals surface area contributed by atoms with Crippen LogP contribution in [0.3, 0.4) is 0 Å². The Bertz CT molecular complexity index is 1450. The molecule has 0 bridgehead atoms. The molecule has 0 fully saturated rings. The van der Waals surface area contributed by atoms with Crippen molar-refractivity contribution in [1.82, 2.24) is 0 Å². The predicted octanol–water partition coefficient (Wildman–Crippen LogP) is 17.1. The van der Waals surface area contributed by atoms with Crippen LogP contribution >= 0.6 is 0 Å². The van der Waals surface area contributed by atoms with Crippen LogP contribution in [-0.4, -0.2) is 37.2 Å². The Labute approximate surface area is 398 Å². The van der Waals surface area contributed by atoms with Crippen LogP contribution in [0, 0.1) is 0 Å². The van der Waals surface area contributed by atoms with E-state index in [9.17, 15) is 14.4 Å². The normalized spacial score (nSPS) is 13.2. The van der Waals surface area contributed by atoms with Gasteiger partial charge in [-0.05, 0) is 96.3 Å². The quantitative estimate of drug-likeness (QED) is 0.0199. The maximum atomic E-state index is 12.8. The average Bonchev–Trinajstić information content (AvgIpc) is 3.30. The summed E-state index contributed by atoms with van der Waals surface area (Å²) in [5.41, 5.74) is 0. The van der Waals surface area contributed by atoms with Crippen LogP contribution in [-0.2, 0) is 28.6 Å². The van der Waals surface area contributed by atoms with Crippen LogP contribution < -0.4 is 0 Å². The van der Waals surface area contributed by atoms with Gasteiger partial charge in [-0.15, -0.1) is 0 Å². The van der Waals surface area contributed by atoms with Gasteiger partial charge in [-0.3, -0.25) is 14.4 Å². The van der Waals surface area contributed by atoms with Crippen LogP contribution in [0.1, 0.15) is 201 Å². The molecule has 6 nitrogen and oxygen atoms in total. The first-order valence-electron chi connectivity index (χ1n) is 25.8. The molecular weight excluding hydrogens is 805 g/mol. The van der Waals surface area contributed by atoms with E-state index in [0.717, 1.165) is 51.4 Å². The SMILES string of the molecule is CC\C=C/C=C\C=C/C=C\C=C/CCCC(=O)OCC(COC(=O)CCC/C=C\C/C=C\C/C=C\CCCCCCCC)OC(=O)CCC/C=C\C/C=C\C/C=C\CCCCCCCC. The van der Waals surface area contributed by atoms with Crippen molar-refractivity contribution < 1.29 is 28.6 Å². The number of unbranched alkanes of at least 4 members (excludes halogenated alkanes) is 15. The second-order valence-corrected chi connectivity index (χ2v) is 16.5. The highest BCUT2D eigenvalue weighted by atomic mass is 16.6. The summed E-state index contributed by atoms with van der Waals surface area (Å²) in [5.74, 6) is -1.14. The average molecular weight is 897 g/mol. The molecular formula is C59H92O6. The van der Waals surface area contributed by atoms with E-state index in [1.54, 1.807) is 0 Å². The first kappa shape index (κ1) is 60.5. The molecule has 0 amide bonds. The molecule has 0 aromatic carbocycles. The van der Waals surface area contributed by atoms with Gasteiger partial charge in [0.05, 0.1) is 0 Å². The number of hydrogen-bond acceptors (Lipinski definition) is 6. The summed E-state index contributed by atoms with van der Waals surface area (Å²) in [7, 11) is 0. The van der Waals surface area contributed by atoms with Crippen LogP contribution in [0.4, 0.5) is 0 Å². The highest BCUT2D eigenvalue weighted by Gasteiger charge is 2.19. The molecule has 364 valence electrons. The number of carbonyl (C=O) groups is 3. The third-order valence-electron chi connectivity index (χ3n) is 10.2. The van der Waals surface area contributed by atoms with Crippen molar-refractivity contribution in [3.63, 3.8) is 0 Å². The number of allylic oxidation sites excluding steroid dienone is 22. The summed E-state index contributed by atoms with van der Waals surface area (Å²) in [6.45, 7) is 6.30. The molecule has 0 heterocycles. The molecule has 0 saturated heterocycles. The molecule has 1 unspecified atom stereocenters. The summed E-state index contributed by atoms with van der Waals surface area (Å²) in [6, 6.07) is 0.